The van der Waals surface area contributed by atoms with Gasteiger partial charge in [0.05, 0.1) is 12.1 Å². The van der Waals surface area contributed by atoms with Gasteiger partial charge in [-0.1, -0.05) is 6.07 Å². The van der Waals surface area contributed by atoms with Crippen LogP contribution in [0, 0.1) is 0 Å². The number of fused-ring (bicyclic) bond motifs is 1. The lowest BCUT2D eigenvalue weighted by atomic mass is 10.1. The zero-order chi connectivity index (χ0) is 15.5. The van der Waals surface area contributed by atoms with Crippen LogP contribution >= 0.6 is 0 Å². The summed E-state index contributed by atoms with van der Waals surface area (Å²) in [5.74, 6) is 0. The molecule has 1 aromatic rings. The van der Waals surface area contributed by atoms with Crippen molar-refractivity contribution in [2.24, 2.45) is 0 Å². The number of likely N-dealkylation sites (N-methyl/N-ethyl adjacent to an activating group) is 1. The Bertz CT molecular complexity index is 541. The molecule has 1 aromatic carbocycles. The predicted octanol–water partition coefficient (Wildman–Crippen LogP) is 2.76. The normalized spacial score (nSPS) is 21.5. The molecule has 2 N–H and O–H groups in total. The van der Waals surface area contributed by atoms with Crippen molar-refractivity contribution in [1.29, 1.82) is 0 Å². The Hall–Kier alpha value is -1.75. The minimum Gasteiger partial charge on any atom is -0.376 e. The highest BCUT2D eigenvalue weighted by Gasteiger charge is 2.24. The van der Waals surface area contributed by atoms with E-state index in [-0.39, 0.29) is 18.2 Å². The number of hydrogen-bond donors (Lipinski definition) is 2. The largest absolute Gasteiger partial charge is 0.376 e. The van der Waals surface area contributed by atoms with Gasteiger partial charge in [-0.05, 0) is 50.8 Å². The van der Waals surface area contributed by atoms with Crippen LogP contribution in [0.15, 0.2) is 18.2 Å². The van der Waals surface area contributed by atoms with Crippen LogP contribution in [0.3, 0.4) is 0 Å². The third-order valence-corrected chi connectivity index (χ3v) is 4.60. The van der Waals surface area contributed by atoms with Crippen LogP contribution in [-0.4, -0.2) is 37.9 Å². The average molecular weight is 303 g/mol. The summed E-state index contributed by atoms with van der Waals surface area (Å²) in [7, 11) is 0. The SMILES string of the molecule is CCN1CCc2ccc(NC(=O)N[C@H](C)[C@H]3CCCO3)cc21. The fraction of sp³-hybridized carbons (Fsp3) is 0.588. The topological polar surface area (TPSA) is 53.6 Å². The second-order valence-corrected chi connectivity index (χ2v) is 6.11. The molecule has 1 fully saturated rings. The quantitative estimate of drug-likeness (QED) is 0.899. The molecule has 0 bridgehead atoms. The molecule has 2 atom stereocenters. The van der Waals surface area contributed by atoms with E-state index in [1.165, 1.54) is 11.3 Å². The molecular formula is C17H25N3O2. The van der Waals surface area contributed by atoms with Crippen molar-refractivity contribution in [3.63, 3.8) is 0 Å². The highest BCUT2D eigenvalue weighted by Crippen LogP contribution is 2.30. The molecule has 0 radical (unpaired) electrons. The number of nitrogens with one attached hydrogen (secondary N) is 2. The van der Waals surface area contributed by atoms with Crippen molar-refractivity contribution in [2.75, 3.05) is 29.9 Å². The van der Waals surface area contributed by atoms with Crippen LogP contribution in [0.1, 0.15) is 32.3 Å². The summed E-state index contributed by atoms with van der Waals surface area (Å²) in [5.41, 5.74) is 3.45. The average Bonchev–Trinajstić information content (AvgIpc) is 3.16. The van der Waals surface area contributed by atoms with Gasteiger partial charge < -0.3 is 20.3 Å². The van der Waals surface area contributed by atoms with Crippen molar-refractivity contribution in [1.82, 2.24) is 5.32 Å². The molecule has 2 aliphatic rings. The van der Waals surface area contributed by atoms with Crippen molar-refractivity contribution in [3.8, 4) is 0 Å². The van der Waals surface area contributed by atoms with Gasteiger partial charge in [0, 0.05) is 31.1 Å². The summed E-state index contributed by atoms with van der Waals surface area (Å²) in [4.78, 5) is 14.5. The van der Waals surface area contributed by atoms with Gasteiger partial charge in [0.1, 0.15) is 0 Å². The lowest BCUT2D eigenvalue weighted by molar-refractivity contribution is 0.0868. The Morgan fingerprint density at radius 1 is 1.50 bits per heavy atom. The molecule has 2 aliphatic heterocycles. The van der Waals surface area contributed by atoms with Gasteiger partial charge in [0.2, 0.25) is 0 Å². The van der Waals surface area contributed by atoms with E-state index in [1.54, 1.807) is 0 Å². The first-order chi connectivity index (χ1) is 10.7. The molecule has 1 saturated heterocycles. The first kappa shape index (κ1) is 15.2. The van der Waals surface area contributed by atoms with E-state index < -0.39 is 0 Å². The second kappa shape index (κ2) is 6.57. The molecule has 0 saturated carbocycles. The standard InChI is InChI=1S/C17H25N3O2/c1-3-20-9-8-13-6-7-14(11-15(13)20)19-17(21)18-12(2)16-5-4-10-22-16/h6-7,11-12,16H,3-5,8-10H2,1-2H3,(H2,18,19,21)/t12-,16-/m1/s1. The maximum absolute atomic E-state index is 12.1. The number of carbonyl (C=O) groups is 1. The summed E-state index contributed by atoms with van der Waals surface area (Å²) in [6, 6.07) is 6.04. The number of urea groups is 1. The highest BCUT2D eigenvalue weighted by molar-refractivity contribution is 5.90. The Balaban J connectivity index is 1.59. The fourth-order valence-electron chi connectivity index (χ4n) is 3.32. The molecule has 3 rings (SSSR count). The number of amides is 2. The van der Waals surface area contributed by atoms with Gasteiger partial charge in [-0.15, -0.1) is 0 Å². The van der Waals surface area contributed by atoms with E-state index in [4.69, 9.17) is 4.74 Å². The first-order valence-corrected chi connectivity index (χ1v) is 8.24. The molecule has 120 valence electrons. The van der Waals surface area contributed by atoms with Crippen LogP contribution in [0.2, 0.25) is 0 Å². The minimum atomic E-state index is -0.163. The summed E-state index contributed by atoms with van der Waals surface area (Å²) >= 11 is 0. The maximum Gasteiger partial charge on any atom is 0.319 e. The van der Waals surface area contributed by atoms with E-state index in [9.17, 15) is 4.79 Å². The molecule has 0 aromatic heterocycles. The number of benzene rings is 1. The molecule has 2 heterocycles. The minimum absolute atomic E-state index is 0.0315. The molecule has 5 nitrogen and oxygen atoms in total. The Kier molecular flexibility index (Phi) is 4.52. The monoisotopic (exact) mass is 303 g/mol. The van der Waals surface area contributed by atoms with Crippen molar-refractivity contribution < 1.29 is 9.53 Å². The number of ether oxygens (including phenoxy) is 1. The van der Waals surface area contributed by atoms with Gasteiger partial charge in [-0.3, -0.25) is 0 Å². The number of hydrogen-bond acceptors (Lipinski definition) is 3. The molecule has 2 amide bonds. The van der Waals surface area contributed by atoms with Crippen LogP contribution in [0.25, 0.3) is 0 Å². The second-order valence-electron chi connectivity index (χ2n) is 6.11. The van der Waals surface area contributed by atoms with Crippen molar-refractivity contribution in [3.05, 3.63) is 23.8 Å². The fourth-order valence-corrected chi connectivity index (χ4v) is 3.32. The molecule has 5 heteroatoms. The zero-order valence-electron chi connectivity index (χ0n) is 13.4. The zero-order valence-corrected chi connectivity index (χ0v) is 13.4. The first-order valence-electron chi connectivity index (χ1n) is 8.24. The third-order valence-electron chi connectivity index (χ3n) is 4.60. The number of nitrogens with zero attached hydrogens (tertiary/aromatic N) is 1. The van der Waals surface area contributed by atoms with Gasteiger partial charge in [-0.25, -0.2) is 4.79 Å². The smallest absolute Gasteiger partial charge is 0.319 e. The van der Waals surface area contributed by atoms with E-state index >= 15 is 0 Å². The lowest BCUT2D eigenvalue weighted by Crippen LogP contribution is -2.43. The van der Waals surface area contributed by atoms with Gasteiger partial charge in [-0.2, -0.15) is 0 Å². The highest BCUT2D eigenvalue weighted by atomic mass is 16.5. The Morgan fingerprint density at radius 2 is 2.36 bits per heavy atom. The number of rotatable bonds is 4. The van der Waals surface area contributed by atoms with Gasteiger partial charge in [0.15, 0.2) is 0 Å². The van der Waals surface area contributed by atoms with Gasteiger partial charge >= 0.3 is 6.03 Å². The molecule has 0 spiro atoms. The van der Waals surface area contributed by atoms with E-state index in [0.29, 0.717) is 0 Å². The molecule has 0 aliphatic carbocycles. The van der Waals surface area contributed by atoms with Crippen LogP contribution in [-0.2, 0) is 11.2 Å². The Morgan fingerprint density at radius 3 is 3.09 bits per heavy atom. The lowest BCUT2D eigenvalue weighted by Gasteiger charge is -2.21. The van der Waals surface area contributed by atoms with Crippen LogP contribution in [0.4, 0.5) is 16.2 Å². The van der Waals surface area contributed by atoms with Crippen molar-refractivity contribution in [2.45, 2.75) is 45.3 Å². The van der Waals surface area contributed by atoms with Crippen molar-refractivity contribution >= 4 is 17.4 Å². The molecule has 0 unspecified atom stereocenters. The maximum atomic E-state index is 12.1. The predicted molar refractivity (Wildman–Crippen MR) is 88.6 cm³/mol. The van der Waals surface area contributed by atoms with Crippen LogP contribution < -0.4 is 15.5 Å². The number of carbonyl (C=O) groups excluding carboxylic acids is 1. The third kappa shape index (κ3) is 3.19. The summed E-state index contributed by atoms with van der Waals surface area (Å²) in [5, 5.41) is 5.91. The summed E-state index contributed by atoms with van der Waals surface area (Å²) < 4.78 is 5.61. The summed E-state index contributed by atoms with van der Waals surface area (Å²) in [6.07, 6.45) is 3.33. The number of anilines is 2. The van der Waals surface area contributed by atoms with Crippen LogP contribution in [0.5, 0.6) is 0 Å². The van der Waals surface area contributed by atoms with Gasteiger partial charge in [0.25, 0.3) is 0 Å². The molecule has 22 heavy (non-hydrogen) atoms. The van der Waals surface area contributed by atoms with E-state index in [1.807, 2.05) is 13.0 Å². The Labute approximate surface area is 132 Å². The molecular weight excluding hydrogens is 278 g/mol. The van der Waals surface area contributed by atoms with E-state index in [0.717, 1.165) is 44.6 Å². The summed E-state index contributed by atoms with van der Waals surface area (Å²) in [6.45, 7) is 7.02. The van der Waals surface area contributed by atoms with E-state index in [2.05, 4.69) is 34.6 Å².